The lowest BCUT2D eigenvalue weighted by Crippen LogP contribution is -2.12. The van der Waals surface area contributed by atoms with Crippen LogP contribution in [0.2, 0.25) is 0 Å². The van der Waals surface area contributed by atoms with Gasteiger partial charge in [-0.25, -0.2) is 4.79 Å². The summed E-state index contributed by atoms with van der Waals surface area (Å²) in [5, 5.41) is 4.15. The minimum Gasteiger partial charge on any atom is -0.481 e. The Kier molecular flexibility index (Phi) is 7.58. The molecule has 0 radical (unpaired) electrons. The fourth-order valence-corrected chi connectivity index (χ4v) is 2.79. The van der Waals surface area contributed by atoms with E-state index in [1.807, 2.05) is 30.3 Å². The van der Waals surface area contributed by atoms with Crippen molar-refractivity contribution in [2.24, 2.45) is 5.16 Å². The van der Waals surface area contributed by atoms with Crippen LogP contribution in [0.3, 0.4) is 0 Å². The molecule has 0 saturated heterocycles. The second-order valence-electron chi connectivity index (χ2n) is 6.44. The van der Waals surface area contributed by atoms with Gasteiger partial charge < -0.3 is 23.8 Å². The van der Waals surface area contributed by atoms with Gasteiger partial charge in [-0.1, -0.05) is 47.6 Å². The molecule has 0 N–H and O–H groups in total. The number of benzene rings is 2. The van der Waals surface area contributed by atoms with Crippen LogP contribution in [0.1, 0.15) is 28.4 Å². The molecule has 0 amide bonds. The summed E-state index contributed by atoms with van der Waals surface area (Å²) in [6, 6.07) is 16.1. The molecule has 1 heterocycles. The number of esters is 1. The van der Waals surface area contributed by atoms with E-state index >= 15 is 0 Å². The molecular weight excluding hydrogens is 414 g/mol. The zero-order chi connectivity index (χ0) is 22.9. The van der Waals surface area contributed by atoms with Gasteiger partial charge in [-0.15, -0.1) is 0 Å². The van der Waals surface area contributed by atoms with E-state index in [-0.39, 0.29) is 29.1 Å². The predicted molar refractivity (Wildman–Crippen MR) is 116 cm³/mol. The zero-order valence-electron chi connectivity index (χ0n) is 18.2. The number of carbonyl (C=O) groups is 1. The molecule has 9 nitrogen and oxygen atoms in total. The number of rotatable bonds is 9. The van der Waals surface area contributed by atoms with Crippen molar-refractivity contribution < 1.29 is 28.6 Å². The highest BCUT2D eigenvalue weighted by Gasteiger charge is 2.22. The SMILES string of the molecule is COC(=O)c1c(Oc2nc(OC)cc(OC)n2)cccc1/C(C)=N/OCc1ccccc1. The molecule has 0 aliphatic carbocycles. The normalized spacial score (nSPS) is 10.9. The maximum Gasteiger partial charge on any atom is 0.342 e. The summed E-state index contributed by atoms with van der Waals surface area (Å²) in [5.41, 5.74) is 2.08. The molecule has 0 bridgehead atoms. The van der Waals surface area contributed by atoms with Crippen molar-refractivity contribution >= 4 is 11.7 Å². The average Bonchev–Trinajstić information content (AvgIpc) is 2.83. The molecule has 0 fully saturated rings. The van der Waals surface area contributed by atoms with Crippen LogP contribution < -0.4 is 14.2 Å². The zero-order valence-corrected chi connectivity index (χ0v) is 18.2. The molecule has 0 atom stereocenters. The number of ether oxygens (including phenoxy) is 4. The van der Waals surface area contributed by atoms with E-state index in [0.29, 0.717) is 17.9 Å². The van der Waals surface area contributed by atoms with E-state index in [2.05, 4.69) is 15.1 Å². The van der Waals surface area contributed by atoms with Crippen molar-refractivity contribution in [2.75, 3.05) is 21.3 Å². The van der Waals surface area contributed by atoms with Crippen LogP contribution in [-0.2, 0) is 16.2 Å². The highest BCUT2D eigenvalue weighted by atomic mass is 16.6. The first-order valence-corrected chi connectivity index (χ1v) is 9.62. The van der Waals surface area contributed by atoms with Gasteiger partial charge in [0.05, 0.1) is 33.1 Å². The summed E-state index contributed by atoms with van der Waals surface area (Å²) in [6.07, 6.45) is 0. The van der Waals surface area contributed by atoms with Gasteiger partial charge in [-0.05, 0) is 18.6 Å². The lowest BCUT2D eigenvalue weighted by Gasteiger charge is -2.13. The molecule has 0 aliphatic rings. The van der Waals surface area contributed by atoms with Gasteiger partial charge >= 0.3 is 12.0 Å². The molecule has 3 rings (SSSR count). The number of methoxy groups -OCH3 is 3. The lowest BCUT2D eigenvalue weighted by molar-refractivity contribution is 0.0597. The van der Waals surface area contributed by atoms with Gasteiger partial charge in [0, 0.05) is 5.56 Å². The van der Waals surface area contributed by atoms with Gasteiger partial charge in [-0.3, -0.25) is 0 Å². The Bertz CT molecular complexity index is 1080. The Morgan fingerprint density at radius 3 is 2.25 bits per heavy atom. The van der Waals surface area contributed by atoms with Crippen LogP contribution in [0.15, 0.2) is 59.8 Å². The van der Waals surface area contributed by atoms with E-state index < -0.39 is 5.97 Å². The first-order chi connectivity index (χ1) is 15.5. The Morgan fingerprint density at radius 2 is 1.62 bits per heavy atom. The third-order valence-corrected chi connectivity index (χ3v) is 4.36. The molecule has 0 aliphatic heterocycles. The van der Waals surface area contributed by atoms with E-state index in [4.69, 9.17) is 23.8 Å². The topological polar surface area (TPSA) is 101 Å². The minimum absolute atomic E-state index is 0.0570. The Labute approximate surface area is 185 Å². The van der Waals surface area contributed by atoms with Gasteiger partial charge in [0.25, 0.3) is 0 Å². The summed E-state index contributed by atoms with van der Waals surface area (Å²) in [7, 11) is 4.20. The van der Waals surface area contributed by atoms with Crippen LogP contribution in [0.25, 0.3) is 0 Å². The van der Waals surface area contributed by atoms with Gasteiger partial charge in [-0.2, -0.15) is 9.97 Å². The molecule has 0 unspecified atom stereocenters. The number of hydrogen-bond acceptors (Lipinski definition) is 9. The Hall–Kier alpha value is -4.14. The van der Waals surface area contributed by atoms with Gasteiger partial charge in [0.1, 0.15) is 17.9 Å². The second-order valence-corrected chi connectivity index (χ2v) is 6.44. The summed E-state index contributed by atoms with van der Waals surface area (Å²) in [6.45, 7) is 2.01. The van der Waals surface area contributed by atoms with Crippen molar-refractivity contribution in [2.45, 2.75) is 13.5 Å². The van der Waals surface area contributed by atoms with E-state index in [9.17, 15) is 4.79 Å². The highest BCUT2D eigenvalue weighted by molar-refractivity contribution is 6.09. The molecule has 1 aromatic heterocycles. The van der Waals surface area contributed by atoms with Crippen LogP contribution >= 0.6 is 0 Å². The quantitative estimate of drug-likeness (QED) is 0.281. The molecule has 0 spiro atoms. The van der Waals surface area contributed by atoms with Crippen molar-refractivity contribution in [3.63, 3.8) is 0 Å². The summed E-state index contributed by atoms with van der Waals surface area (Å²) < 4.78 is 21.0. The molecule has 166 valence electrons. The summed E-state index contributed by atoms with van der Waals surface area (Å²) in [5.74, 6) is 0.0645. The van der Waals surface area contributed by atoms with E-state index in [0.717, 1.165) is 5.56 Å². The van der Waals surface area contributed by atoms with Gasteiger partial charge in [0.2, 0.25) is 11.8 Å². The number of aromatic nitrogens is 2. The van der Waals surface area contributed by atoms with Crippen molar-refractivity contribution in [3.8, 4) is 23.5 Å². The molecule has 0 saturated carbocycles. The maximum absolute atomic E-state index is 12.6. The predicted octanol–water partition coefficient (Wildman–Crippen LogP) is 4.01. The summed E-state index contributed by atoms with van der Waals surface area (Å²) in [4.78, 5) is 26.3. The molecule has 3 aromatic rings. The first kappa shape index (κ1) is 22.5. The largest absolute Gasteiger partial charge is 0.481 e. The third kappa shape index (κ3) is 5.51. The van der Waals surface area contributed by atoms with Gasteiger partial charge in [0.15, 0.2) is 0 Å². The Morgan fingerprint density at radius 1 is 0.938 bits per heavy atom. The fraction of sp³-hybridized carbons (Fsp3) is 0.217. The molecule has 32 heavy (non-hydrogen) atoms. The third-order valence-electron chi connectivity index (χ3n) is 4.36. The number of hydrogen-bond donors (Lipinski definition) is 0. The van der Waals surface area contributed by atoms with Crippen LogP contribution in [0.5, 0.6) is 23.5 Å². The molecule has 9 heteroatoms. The molecule has 2 aromatic carbocycles. The van der Waals surface area contributed by atoms with Crippen LogP contribution in [0.4, 0.5) is 0 Å². The standard InChI is InChI=1S/C23H23N3O6/c1-15(26-31-14-16-9-6-5-7-10-16)17-11-8-12-18(21(17)22(27)30-4)32-23-24-19(28-2)13-20(25-23)29-3/h5-13H,14H2,1-4H3/b26-15+. The van der Waals surface area contributed by atoms with E-state index in [1.165, 1.54) is 27.4 Å². The second kappa shape index (κ2) is 10.8. The minimum atomic E-state index is -0.608. The maximum atomic E-state index is 12.6. The van der Waals surface area contributed by atoms with Crippen molar-refractivity contribution in [1.82, 2.24) is 9.97 Å². The Balaban J connectivity index is 1.92. The van der Waals surface area contributed by atoms with Crippen LogP contribution in [0, 0.1) is 0 Å². The number of carbonyl (C=O) groups excluding carboxylic acids is 1. The summed E-state index contributed by atoms with van der Waals surface area (Å²) >= 11 is 0. The number of oxime groups is 1. The van der Waals surface area contributed by atoms with Crippen molar-refractivity contribution in [1.29, 1.82) is 0 Å². The monoisotopic (exact) mass is 437 g/mol. The van der Waals surface area contributed by atoms with Crippen LogP contribution in [-0.4, -0.2) is 43.0 Å². The smallest absolute Gasteiger partial charge is 0.342 e. The number of nitrogens with zero attached hydrogens (tertiary/aromatic N) is 3. The molecular formula is C23H23N3O6. The highest BCUT2D eigenvalue weighted by Crippen LogP contribution is 2.29. The fourth-order valence-electron chi connectivity index (χ4n) is 2.79. The van der Waals surface area contributed by atoms with Crippen molar-refractivity contribution in [3.05, 3.63) is 71.3 Å². The average molecular weight is 437 g/mol. The van der Waals surface area contributed by atoms with E-state index in [1.54, 1.807) is 25.1 Å². The lowest BCUT2D eigenvalue weighted by atomic mass is 10.0. The first-order valence-electron chi connectivity index (χ1n) is 9.62.